The summed E-state index contributed by atoms with van der Waals surface area (Å²) in [6.07, 6.45) is 5.22. The third-order valence-corrected chi connectivity index (χ3v) is 4.58. The summed E-state index contributed by atoms with van der Waals surface area (Å²) >= 11 is 0. The highest BCUT2D eigenvalue weighted by Crippen LogP contribution is 2.37. The Labute approximate surface area is 121 Å². The van der Waals surface area contributed by atoms with Crippen LogP contribution in [0.1, 0.15) is 25.7 Å². The predicted octanol–water partition coefficient (Wildman–Crippen LogP) is 2.42. The van der Waals surface area contributed by atoms with E-state index in [-0.39, 0.29) is 0 Å². The zero-order chi connectivity index (χ0) is 13.9. The molecule has 1 heterocycles. The molecule has 4 nitrogen and oxygen atoms in total. The summed E-state index contributed by atoms with van der Waals surface area (Å²) in [5.74, 6) is 1.84. The first-order valence-electron chi connectivity index (χ1n) is 7.55. The summed E-state index contributed by atoms with van der Waals surface area (Å²) in [6, 6.07) is 7.28. The van der Waals surface area contributed by atoms with Gasteiger partial charge in [-0.05, 0) is 25.0 Å². The molecule has 4 heteroatoms. The normalized spacial score (nSPS) is 26.0. The zero-order valence-electron chi connectivity index (χ0n) is 12.4. The molecule has 1 saturated carbocycles. The first-order chi connectivity index (χ1) is 9.83. The summed E-state index contributed by atoms with van der Waals surface area (Å²) in [5.41, 5.74) is 1.17. The molecule has 110 valence electrons. The van der Waals surface area contributed by atoms with Crippen LogP contribution in [0.4, 0.5) is 5.69 Å². The fraction of sp³-hybridized carbons (Fsp3) is 0.625. The van der Waals surface area contributed by atoms with Crippen molar-refractivity contribution in [3.8, 4) is 11.5 Å². The predicted molar refractivity (Wildman–Crippen MR) is 80.9 cm³/mol. The molecule has 20 heavy (non-hydrogen) atoms. The zero-order valence-corrected chi connectivity index (χ0v) is 12.4. The molecule has 0 radical (unpaired) electrons. The van der Waals surface area contributed by atoms with E-state index in [0.717, 1.165) is 24.6 Å². The van der Waals surface area contributed by atoms with E-state index in [2.05, 4.69) is 16.3 Å². The Bertz CT molecular complexity index is 462. The summed E-state index contributed by atoms with van der Waals surface area (Å²) in [6.45, 7) is 2.08. The van der Waals surface area contributed by atoms with Gasteiger partial charge in [0.1, 0.15) is 11.5 Å². The minimum Gasteiger partial charge on any atom is -0.497 e. The summed E-state index contributed by atoms with van der Waals surface area (Å²) in [5, 5.41) is 3.67. The van der Waals surface area contributed by atoms with Crippen molar-refractivity contribution in [2.45, 2.75) is 37.8 Å². The Kier molecular flexibility index (Phi) is 4.01. The number of anilines is 1. The third-order valence-electron chi connectivity index (χ3n) is 4.58. The van der Waals surface area contributed by atoms with E-state index in [9.17, 15) is 0 Å². The second-order valence-corrected chi connectivity index (χ2v) is 5.64. The minimum absolute atomic E-state index is 0.582. The maximum absolute atomic E-state index is 5.56. The molecule has 1 aromatic carbocycles. The van der Waals surface area contributed by atoms with Gasteiger partial charge < -0.3 is 19.7 Å². The van der Waals surface area contributed by atoms with Gasteiger partial charge in [0, 0.05) is 31.2 Å². The summed E-state index contributed by atoms with van der Waals surface area (Å²) < 4.78 is 10.9. The van der Waals surface area contributed by atoms with Crippen LogP contribution in [0.15, 0.2) is 18.2 Å². The molecular formula is C16H24N2O2. The fourth-order valence-corrected chi connectivity index (χ4v) is 3.58. The van der Waals surface area contributed by atoms with E-state index in [1.807, 2.05) is 12.1 Å². The van der Waals surface area contributed by atoms with Crippen molar-refractivity contribution < 1.29 is 9.47 Å². The average molecular weight is 276 g/mol. The Morgan fingerprint density at radius 1 is 1.15 bits per heavy atom. The maximum Gasteiger partial charge on any atom is 0.142 e. The van der Waals surface area contributed by atoms with Gasteiger partial charge in [0.15, 0.2) is 0 Å². The smallest absolute Gasteiger partial charge is 0.142 e. The van der Waals surface area contributed by atoms with E-state index in [0.29, 0.717) is 12.1 Å². The number of hydrogen-bond donors (Lipinski definition) is 1. The second kappa shape index (κ2) is 5.92. The number of benzene rings is 1. The number of nitrogens with one attached hydrogen (secondary N) is 1. The highest BCUT2D eigenvalue weighted by atomic mass is 16.5. The van der Waals surface area contributed by atoms with Crippen LogP contribution < -0.4 is 19.7 Å². The Balaban J connectivity index is 1.93. The molecule has 2 fully saturated rings. The van der Waals surface area contributed by atoms with E-state index < -0.39 is 0 Å². The topological polar surface area (TPSA) is 33.7 Å². The maximum atomic E-state index is 5.56. The fourth-order valence-electron chi connectivity index (χ4n) is 3.58. The monoisotopic (exact) mass is 276 g/mol. The highest BCUT2D eigenvalue weighted by molar-refractivity contribution is 5.62. The number of piperazine rings is 1. The molecular weight excluding hydrogens is 252 g/mol. The molecule has 1 aliphatic heterocycles. The van der Waals surface area contributed by atoms with Crippen LogP contribution in [0.2, 0.25) is 0 Å². The van der Waals surface area contributed by atoms with Crippen molar-refractivity contribution in [2.75, 3.05) is 32.2 Å². The van der Waals surface area contributed by atoms with Crippen molar-refractivity contribution >= 4 is 5.69 Å². The van der Waals surface area contributed by atoms with Gasteiger partial charge in [0.05, 0.1) is 19.9 Å². The molecule has 0 aromatic heterocycles. The third kappa shape index (κ3) is 2.44. The van der Waals surface area contributed by atoms with Crippen LogP contribution in [0.5, 0.6) is 11.5 Å². The van der Waals surface area contributed by atoms with E-state index in [1.54, 1.807) is 14.2 Å². The molecule has 1 aliphatic carbocycles. The van der Waals surface area contributed by atoms with Crippen molar-refractivity contribution in [3.63, 3.8) is 0 Å². The number of methoxy groups -OCH3 is 2. The molecule has 1 saturated heterocycles. The molecule has 2 aliphatic rings. The van der Waals surface area contributed by atoms with Crippen molar-refractivity contribution in [1.82, 2.24) is 5.32 Å². The van der Waals surface area contributed by atoms with Gasteiger partial charge in [-0.25, -0.2) is 0 Å². The van der Waals surface area contributed by atoms with Crippen molar-refractivity contribution in [3.05, 3.63) is 18.2 Å². The van der Waals surface area contributed by atoms with Gasteiger partial charge >= 0.3 is 0 Å². The molecule has 1 N–H and O–H groups in total. The molecule has 0 amide bonds. The number of ether oxygens (including phenoxy) is 2. The summed E-state index contributed by atoms with van der Waals surface area (Å²) in [4.78, 5) is 2.52. The van der Waals surface area contributed by atoms with Gasteiger partial charge in [-0.15, -0.1) is 0 Å². The molecule has 0 unspecified atom stereocenters. The van der Waals surface area contributed by atoms with Gasteiger partial charge in [-0.1, -0.05) is 12.8 Å². The first kappa shape index (κ1) is 13.6. The van der Waals surface area contributed by atoms with Gasteiger partial charge in [-0.2, -0.15) is 0 Å². The molecule has 3 rings (SSSR count). The molecule has 0 bridgehead atoms. The number of rotatable bonds is 3. The lowest BCUT2D eigenvalue weighted by Gasteiger charge is -2.46. The first-order valence-corrected chi connectivity index (χ1v) is 7.55. The van der Waals surface area contributed by atoms with E-state index >= 15 is 0 Å². The number of nitrogens with zero attached hydrogens (tertiary/aromatic N) is 1. The Morgan fingerprint density at radius 3 is 2.80 bits per heavy atom. The SMILES string of the molecule is COc1ccc(OC)c(N2CCN[C@@H]3CCCC[C@H]32)c1. The van der Waals surface area contributed by atoms with Crippen LogP contribution in [0, 0.1) is 0 Å². The van der Waals surface area contributed by atoms with Crippen LogP contribution in [0.3, 0.4) is 0 Å². The molecule has 2 atom stereocenters. The van der Waals surface area contributed by atoms with Crippen molar-refractivity contribution in [1.29, 1.82) is 0 Å². The number of hydrogen-bond acceptors (Lipinski definition) is 4. The minimum atomic E-state index is 0.582. The summed E-state index contributed by atoms with van der Waals surface area (Å²) in [7, 11) is 3.46. The quantitative estimate of drug-likeness (QED) is 0.919. The van der Waals surface area contributed by atoms with Gasteiger partial charge in [0.2, 0.25) is 0 Å². The molecule has 0 spiro atoms. The van der Waals surface area contributed by atoms with Crippen LogP contribution in [-0.2, 0) is 0 Å². The lowest BCUT2D eigenvalue weighted by atomic mass is 9.87. The average Bonchev–Trinajstić information content (AvgIpc) is 2.53. The van der Waals surface area contributed by atoms with Crippen molar-refractivity contribution in [2.24, 2.45) is 0 Å². The molecule has 1 aromatic rings. The lowest BCUT2D eigenvalue weighted by Crippen LogP contribution is -2.59. The Hall–Kier alpha value is -1.42. The largest absolute Gasteiger partial charge is 0.497 e. The van der Waals surface area contributed by atoms with Gasteiger partial charge in [-0.3, -0.25) is 0 Å². The van der Waals surface area contributed by atoms with Crippen LogP contribution >= 0.6 is 0 Å². The van der Waals surface area contributed by atoms with Crippen LogP contribution in [-0.4, -0.2) is 39.4 Å². The Morgan fingerprint density at radius 2 is 2.00 bits per heavy atom. The van der Waals surface area contributed by atoms with E-state index in [1.165, 1.54) is 31.4 Å². The van der Waals surface area contributed by atoms with Crippen LogP contribution in [0.25, 0.3) is 0 Å². The number of fused-ring (bicyclic) bond motifs is 1. The van der Waals surface area contributed by atoms with E-state index in [4.69, 9.17) is 9.47 Å². The second-order valence-electron chi connectivity index (χ2n) is 5.64. The standard InChI is InChI=1S/C16H24N2O2/c1-19-12-7-8-16(20-2)15(11-12)18-10-9-17-13-5-3-4-6-14(13)18/h7-8,11,13-14,17H,3-6,9-10H2,1-2H3/t13-,14-/m1/s1. The lowest BCUT2D eigenvalue weighted by molar-refractivity contribution is 0.282. The van der Waals surface area contributed by atoms with Gasteiger partial charge in [0.25, 0.3) is 0 Å². The highest BCUT2D eigenvalue weighted by Gasteiger charge is 2.34.